The second-order valence-electron chi connectivity index (χ2n) is 7.64. The van der Waals surface area contributed by atoms with Crippen molar-refractivity contribution in [1.82, 2.24) is 0 Å². The molecule has 3 unspecified atom stereocenters. The van der Waals surface area contributed by atoms with Crippen LogP contribution in [-0.2, 0) is 25.6 Å². The van der Waals surface area contributed by atoms with Gasteiger partial charge in [0.25, 0.3) is 0 Å². The summed E-state index contributed by atoms with van der Waals surface area (Å²) < 4.78 is 69.3. The first-order valence-corrected chi connectivity index (χ1v) is 10.6. The van der Waals surface area contributed by atoms with Gasteiger partial charge in [0, 0.05) is 18.9 Å². The van der Waals surface area contributed by atoms with Crippen LogP contribution in [0.25, 0.3) is 0 Å². The average Bonchev–Trinajstić information content (AvgIpc) is 3.50. The molecule has 29 heavy (non-hydrogen) atoms. The fourth-order valence-electron chi connectivity index (χ4n) is 3.17. The highest BCUT2D eigenvalue weighted by atomic mass is 32.2. The number of alkyl halides is 3. The van der Waals surface area contributed by atoms with E-state index in [2.05, 4.69) is 5.16 Å². The van der Waals surface area contributed by atoms with E-state index in [-0.39, 0.29) is 31.2 Å². The minimum atomic E-state index is -4.65. The number of aliphatic hydroxyl groups is 1. The molecule has 0 aromatic heterocycles. The predicted octanol–water partition coefficient (Wildman–Crippen LogP) is 2.43. The molecule has 11 heteroatoms. The van der Waals surface area contributed by atoms with Crippen molar-refractivity contribution in [3.05, 3.63) is 29.8 Å². The Bertz CT molecular complexity index is 886. The number of nitrogens with zero attached hydrogens (tertiary/aromatic N) is 1. The molecule has 0 amide bonds. The normalized spacial score (nSPS) is 27.5. The monoisotopic (exact) mass is 436 g/mol. The Morgan fingerprint density at radius 3 is 2.72 bits per heavy atom. The number of hydrogen-bond donors (Lipinski definition) is 2. The molecule has 1 aliphatic carbocycles. The van der Waals surface area contributed by atoms with E-state index >= 15 is 0 Å². The third-order valence-corrected chi connectivity index (χ3v) is 7.85. The molecule has 1 aromatic carbocycles. The lowest BCUT2D eigenvalue weighted by Gasteiger charge is -2.37. The zero-order chi connectivity index (χ0) is 21.4. The molecule has 0 bridgehead atoms. The van der Waals surface area contributed by atoms with Crippen LogP contribution in [0, 0.1) is 5.92 Å². The van der Waals surface area contributed by atoms with Gasteiger partial charge in [-0.1, -0.05) is 11.2 Å². The van der Waals surface area contributed by atoms with Gasteiger partial charge in [-0.3, -0.25) is 0 Å². The van der Waals surface area contributed by atoms with Crippen molar-refractivity contribution < 1.29 is 36.3 Å². The van der Waals surface area contributed by atoms with Crippen molar-refractivity contribution >= 4 is 15.7 Å². The number of benzene rings is 1. The second kappa shape index (κ2) is 7.77. The number of oxime groups is 1. The fraction of sp³-hybridized carbons (Fsp3) is 0.611. The minimum Gasteiger partial charge on any atom is -0.382 e. The molecule has 1 saturated heterocycles. The first-order chi connectivity index (χ1) is 13.4. The smallest absolute Gasteiger partial charge is 0.382 e. The Morgan fingerprint density at radius 1 is 1.41 bits per heavy atom. The number of halogens is 3. The summed E-state index contributed by atoms with van der Waals surface area (Å²) in [5.74, 6) is -0.125. The van der Waals surface area contributed by atoms with Crippen molar-refractivity contribution in [3.8, 4) is 0 Å². The summed E-state index contributed by atoms with van der Waals surface area (Å²) in [6, 6.07) is 3.67. The Labute approximate surface area is 166 Å². The van der Waals surface area contributed by atoms with Crippen molar-refractivity contribution in [3.63, 3.8) is 0 Å². The highest BCUT2D eigenvalue weighted by Gasteiger charge is 2.46. The van der Waals surface area contributed by atoms with Gasteiger partial charge < -0.3 is 20.4 Å². The number of sulfone groups is 1. The van der Waals surface area contributed by atoms with Crippen LogP contribution in [-0.4, -0.2) is 43.1 Å². The maximum atomic E-state index is 13.1. The van der Waals surface area contributed by atoms with Gasteiger partial charge in [-0.15, -0.1) is 0 Å². The van der Waals surface area contributed by atoms with Crippen LogP contribution in [0.2, 0.25) is 0 Å². The summed E-state index contributed by atoms with van der Waals surface area (Å²) in [5.41, 5.74) is 4.81. The van der Waals surface area contributed by atoms with Gasteiger partial charge in [0.2, 0.25) is 6.29 Å². The summed E-state index contributed by atoms with van der Waals surface area (Å²) in [5, 5.41) is 13.3. The molecule has 1 heterocycles. The van der Waals surface area contributed by atoms with Crippen LogP contribution in [0.5, 0.6) is 0 Å². The van der Waals surface area contributed by atoms with Crippen molar-refractivity contribution in [1.29, 1.82) is 0 Å². The van der Waals surface area contributed by atoms with Crippen molar-refractivity contribution in [2.24, 2.45) is 16.8 Å². The molecular weight excluding hydrogens is 413 g/mol. The molecular formula is C18H23F3N2O5S. The highest BCUT2D eigenvalue weighted by molar-refractivity contribution is 7.92. The molecule has 1 aromatic rings. The van der Waals surface area contributed by atoms with Crippen LogP contribution < -0.4 is 5.73 Å². The molecule has 0 spiro atoms. The standard InChI is InChI=1S/C18H23F3N2O5S/c1-17(29(25,26)13-4-2-3-12(9-13)18(19,20)21)7-8-27-14(10-17)15(22)23-28-16(24)11-5-6-11/h2-4,9,11,14,16,24H,5-8,10H2,1H3,(H2,22,23). The van der Waals surface area contributed by atoms with Gasteiger partial charge in [0.05, 0.1) is 15.2 Å². The molecule has 162 valence electrons. The molecule has 0 radical (unpaired) electrons. The number of rotatable bonds is 6. The van der Waals surface area contributed by atoms with E-state index in [4.69, 9.17) is 15.3 Å². The van der Waals surface area contributed by atoms with E-state index < -0.39 is 43.6 Å². The lowest BCUT2D eigenvalue weighted by Crippen LogP contribution is -2.49. The van der Waals surface area contributed by atoms with Crippen LogP contribution >= 0.6 is 0 Å². The van der Waals surface area contributed by atoms with E-state index in [0.717, 1.165) is 31.0 Å². The van der Waals surface area contributed by atoms with Crippen LogP contribution in [0.15, 0.2) is 34.3 Å². The van der Waals surface area contributed by atoms with E-state index in [1.165, 1.54) is 6.92 Å². The Balaban J connectivity index is 1.80. The van der Waals surface area contributed by atoms with Gasteiger partial charge >= 0.3 is 6.18 Å². The van der Waals surface area contributed by atoms with Gasteiger partial charge in [0.15, 0.2) is 15.7 Å². The van der Waals surface area contributed by atoms with Crippen molar-refractivity contribution in [2.75, 3.05) is 6.61 Å². The number of ether oxygens (including phenoxy) is 1. The first-order valence-electron chi connectivity index (χ1n) is 9.15. The maximum Gasteiger partial charge on any atom is 0.416 e. The quantitative estimate of drug-likeness (QED) is 0.307. The summed E-state index contributed by atoms with van der Waals surface area (Å²) in [4.78, 5) is 4.53. The Morgan fingerprint density at radius 2 is 2.10 bits per heavy atom. The van der Waals surface area contributed by atoms with Gasteiger partial charge in [0.1, 0.15) is 6.10 Å². The maximum absolute atomic E-state index is 13.1. The van der Waals surface area contributed by atoms with E-state index in [1.807, 2.05) is 0 Å². The lowest BCUT2D eigenvalue weighted by molar-refractivity contribution is -0.137. The Kier molecular flexibility index (Phi) is 5.85. The van der Waals surface area contributed by atoms with Crippen molar-refractivity contribution in [2.45, 2.75) is 60.8 Å². The first kappa shape index (κ1) is 21.8. The van der Waals surface area contributed by atoms with Gasteiger partial charge in [-0.25, -0.2) is 8.42 Å². The van der Waals surface area contributed by atoms with Gasteiger partial charge in [-0.05, 0) is 44.4 Å². The fourth-order valence-corrected chi connectivity index (χ4v) is 5.00. The highest BCUT2D eigenvalue weighted by Crippen LogP contribution is 2.39. The van der Waals surface area contributed by atoms with E-state index in [0.29, 0.717) is 6.07 Å². The SMILES string of the molecule is CC1(S(=O)(=O)c2cccc(C(F)(F)F)c2)CCOC(/C(N)=N/OC(O)C2CC2)C1. The molecule has 7 nitrogen and oxygen atoms in total. The summed E-state index contributed by atoms with van der Waals surface area (Å²) >= 11 is 0. The second-order valence-corrected chi connectivity index (χ2v) is 10.1. The number of nitrogens with two attached hydrogens (primary N) is 1. The summed E-state index contributed by atoms with van der Waals surface area (Å²) in [7, 11) is -4.13. The number of hydrogen-bond acceptors (Lipinski definition) is 6. The van der Waals surface area contributed by atoms with E-state index in [1.54, 1.807) is 0 Å². The molecule has 3 atom stereocenters. The third-order valence-electron chi connectivity index (χ3n) is 5.31. The zero-order valence-corrected chi connectivity index (χ0v) is 16.5. The minimum absolute atomic E-state index is 0.00498. The number of amidine groups is 1. The van der Waals surface area contributed by atoms with Gasteiger partial charge in [-0.2, -0.15) is 13.2 Å². The summed E-state index contributed by atoms with van der Waals surface area (Å²) in [6.07, 6.45) is -5.02. The lowest BCUT2D eigenvalue weighted by atomic mass is 9.96. The average molecular weight is 436 g/mol. The Hall–Kier alpha value is -1.85. The molecule has 2 aliphatic rings. The van der Waals surface area contributed by atoms with E-state index in [9.17, 15) is 26.7 Å². The number of aliphatic hydroxyl groups excluding tert-OH is 1. The van der Waals surface area contributed by atoms with Crippen LogP contribution in [0.3, 0.4) is 0 Å². The molecule has 2 fully saturated rings. The zero-order valence-electron chi connectivity index (χ0n) is 15.7. The molecule has 3 N–H and O–H groups in total. The largest absolute Gasteiger partial charge is 0.416 e. The molecule has 1 aliphatic heterocycles. The van der Waals surface area contributed by atoms with Crippen LogP contribution in [0.4, 0.5) is 13.2 Å². The summed E-state index contributed by atoms with van der Waals surface area (Å²) in [6.45, 7) is 1.48. The predicted molar refractivity (Wildman–Crippen MR) is 97.4 cm³/mol. The molecule has 1 saturated carbocycles. The van der Waals surface area contributed by atoms with Crippen LogP contribution in [0.1, 0.15) is 38.2 Å². The molecule has 3 rings (SSSR count). The topological polar surface area (TPSA) is 111 Å². The third kappa shape index (κ3) is 4.67.